The highest BCUT2D eigenvalue weighted by molar-refractivity contribution is 7.99. The second-order valence-corrected chi connectivity index (χ2v) is 7.14. The molecule has 2 amide bonds. The monoisotopic (exact) mass is 350 g/mol. The summed E-state index contributed by atoms with van der Waals surface area (Å²) >= 11 is 1.60. The normalized spacial score (nSPS) is 23.0. The highest BCUT2D eigenvalue weighted by Crippen LogP contribution is 2.43. The van der Waals surface area contributed by atoms with E-state index in [0.717, 1.165) is 18.4 Å². The van der Waals surface area contributed by atoms with Gasteiger partial charge in [-0.15, -0.1) is 11.8 Å². The second-order valence-electron chi connectivity index (χ2n) is 6.03. The fourth-order valence-electron chi connectivity index (χ4n) is 2.88. The van der Waals surface area contributed by atoms with Gasteiger partial charge in [-0.25, -0.2) is 0 Å². The van der Waals surface area contributed by atoms with Crippen LogP contribution in [-0.4, -0.2) is 48.8 Å². The molecule has 1 heterocycles. The summed E-state index contributed by atoms with van der Waals surface area (Å²) in [7, 11) is 3.17. The Morgan fingerprint density at radius 2 is 1.92 bits per heavy atom. The van der Waals surface area contributed by atoms with E-state index < -0.39 is 6.04 Å². The minimum absolute atomic E-state index is 0.0526. The van der Waals surface area contributed by atoms with E-state index >= 15 is 0 Å². The van der Waals surface area contributed by atoms with Gasteiger partial charge in [0.05, 0.1) is 14.2 Å². The van der Waals surface area contributed by atoms with Gasteiger partial charge in [0, 0.05) is 18.7 Å². The zero-order valence-corrected chi connectivity index (χ0v) is 14.9. The first-order chi connectivity index (χ1) is 11.5. The molecule has 1 aliphatic carbocycles. The number of nitrogens with zero attached hydrogens (tertiary/aromatic N) is 1. The first-order valence-electron chi connectivity index (χ1n) is 7.98. The van der Waals surface area contributed by atoms with Crippen LogP contribution in [0.1, 0.15) is 30.7 Å². The van der Waals surface area contributed by atoms with E-state index in [2.05, 4.69) is 5.32 Å². The summed E-state index contributed by atoms with van der Waals surface area (Å²) in [5.74, 6) is 1.70. The Hall–Kier alpha value is -1.89. The summed E-state index contributed by atoms with van der Waals surface area (Å²) in [6, 6.07) is 5.47. The molecule has 0 bridgehead atoms. The summed E-state index contributed by atoms with van der Waals surface area (Å²) in [6.07, 6.45) is 2.07. The van der Waals surface area contributed by atoms with E-state index in [9.17, 15) is 9.59 Å². The fourth-order valence-corrected chi connectivity index (χ4v) is 4.35. The number of nitrogens with one attached hydrogen (secondary N) is 1. The van der Waals surface area contributed by atoms with Crippen molar-refractivity contribution in [2.45, 2.75) is 37.2 Å². The highest BCUT2D eigenvalue weighted by atomic mass is 32.2. The minimum atomic E-state index is -0.425. The van der Waals surface area contributed by atoms with Crippen molar-refractivity contribution in [3.63, 3.8) is 0 Å². The minimum Gasteiger partial charge on any atom is -0.493 e. The third-order valence-electron chi connectivity index (χ3n) is 4.28. The van der Waals surface area contributed by atoms with Crippen molar-refractivity contribution < 1.29 is 19.1 Å². The Kier molecular flexibility index (Phi) is 4.89. The molecule has 6 nitrogen and oxygen atoms in total. The van der Waals surface area contributed by atoms with Crippen LogP contribution in [0.4, 0.5) is 0 Å². The molecular formula is C17H22N2O4S. The average Bonchev–Trinajstić information content (AvgIpc) is 3.27. The maximum Gasteiger partial charge on any atom is 0.243 e. The van der Waals surface area contributed by atoms with Crippen LogP contribution in [-0.2, 0) is 9.59 Å². The molecule has 0 unspecified atom stereocenters. The Bertz CT molecular complexity index is 647. The molecule has 0 aromatic heterocycles. The zero-order valence-electron chi connectivity index (χ0n) is 14.1. The third-order valence-corrected chi connectivity index (χ3v) is 5.61. The number of carbonyl (C=O) groups excluding carboxylic acids is 2. The SMILES string of the molecule is COc1ccc([C@@H]2SC[C@H](C(=O)NC3CC3)N2C(C)=O)cc1OC. The van der Waals surface area contributed by atoms with Crippen molar-refractivity contribution in [3.8, 4) is 11.5 Å². The zero-order chi connectivity index (χ0) is 17.3. The lowest BCUT2D eigenvalue weighted by Gasteiger charge is -2.28. The Labute approximate surface area is 145 Å². The van der Waals surface area contributed by atoms with Gasteiger partial charge in [-0.1, -0.05) is 6.07 Å². The average molecular weight is 350 g/mol. The van der Waals surface area contributed by atoms with Gasteiger partial charge >= 0.3 is 0 Å². The number of hydrogen-bond donors (Lipinski definition) is 1. The van der Waals surface area contributed by atoms with Crippen LogP contribution >= 0.6 is 11.8 Å². The van der Waals surface area contributed by atoms with Gasteiger partial charge < -0.3 is 19.7 Å². The number of thioether (sulfide) groups is 1. The Morgan fingerprint density at radius 3 is 2.50 bits per heavy atom. The van der Waals surface area contributed by atoms with E-state index in [-0.39, 0.29) is 23.2 Å². The van der Waals surface area contributed by atoms with Crippen LogP contribution < -0.4 is 14.8 Å². The molecule has 3 rings (SSSR count). The number of rotatable bonds is 5. The van der Waals surface area contributed by atoms with E-state index in [4.69, 9.17) is 9.47 Å². The smallest absolute Gasteiger partial charge is 0.243 e. The maximum absolute atomic E-state index is 12.4. The molecule has 1 aromatic rings. The molecule has 0 radical (unpaired) electrons. The van der Waals surface area contributed by atoms with Crippen molar-refractivity contribution in [1.29, 1.82) is 0 Å². The van der Waals surface area contributed by atoms with Crippen LogP contribution in [0.5, 0.6) is 11.5 Å². The number of ether oxygens (including phenoxy) is 2. The summed E-state index contributed by atoms with van der Waals surface area (Å²) in [4.78, 5) is 26.3. The van der Waals surface area contributed by atoms with Crippen LogP contribution in [0.25, 0.3) is 0 Å². The van der Waals surface area contributed by atoms with Gasteiger partial charge in [-0.2, -0.15) is 0 Å². The molecule has 7 heteroatoms. The highest BCUT2D eigenvalue weighted by Gasteiger charge is 2.42. The maximum atomic E-state index is 12.4. The van der Waals surface area contributed by atoms with E-state index in [1.807, 2.05) is 18.2 Å². The summed E-state index contributed by atoms with van der Waals surface area (Å²) < 4.78 is 10.6. The molecule has 0 spiro atoms. The summed E-state index contributed by atoms with van der Waals surface area (Å²) in [6.45, 7) is 1.51. The quantitative estimate of drug-likeness (QED) is 0.879. The summed E-state index contributed by atoms with van der Waals surface area (Å²) in [5, 5.41) is 2.81. The molecule has 1 aliphatic heterocycles. The number of carbonyl (C=O) groups is 2. The molecule has 2 fully saturated rings. The largest absolute Gasteiger partial charge is 0.493 e. The van der Waals surface area contributed by atoms with Crippen molar-refractivity contribution >= 4 is 23.6 Å². The number of hydrogen-bond acceptors (Lipinski definition) is 5. The molecule has 130 valence electrons. The fraction of sp³-hybridized carbons (Fsp3) is 0.529. The predicted octanol–water partition coefficient (Wildman–Crippen LogP) is 1.94. The van der Waals surface area contributed by atoms with Crippen molar-refractivity contribution in [1.82, 2.24) is 10.2 Å². The molecule has 2 atom stereocenters. The molecule has 1 saturated heterocycles. The molecular weight excluding hydrogens is 328 g/mol. The number of methoxy groups -OCH3 is 2. The van der Waals surface area contributed by atoms with E-state index in [1.165, 1.54) is 6.92 Å². The van der Waals surface area contributed by atoms with E-state index in [0.29, 0.717) is 17.3 Å². The Morgan fingerprint density at radius 1 is 1.21 bits per heavy atom. The predicted molar refractivity (Wildman–Crippen MR) is 92.2 cm³/mol. The topological polar surface area (TPSA) is 67.9 Å². The van der Waals surface area contributed by atoms with Gasteiger partial charge in [-0.05, 0) is 30.5 Å². The first-order valence-corrected chi connectivity index (χ1v) is 9.02. The third kappa shape index (κ3) is 3.31. The van der Waals surface area contributed by atoms with Crippen LogP contribution in [0.15, 0.2) is 18.2 Å². The number of benzene rings is 1. The molecule has 1 N–H and O–H groups in total. The van der Waals surface area contributed by atoms with Gasteiger partial charge in [0.25, 0.3) is 0 Å². The van der Waals surface area contributed by atoms with Crippen LogP contribution in [0, 0.1) is 0 Å². The van der Waals surface area contributed by atoms with E-state index in [1.54, 1.807) is 30.9 Å². The van der Waals surface area contributed by atoms with Gasteiger partial charge in [-0.3, -0.25) is 9.59 Å². The molecule has 24 heavy (non-hydrogen) atoms. The van der Waals surface area contributed by atoms with Crippen molar-refractivity contribution in [2.24, 2.45) is 0 Å². The van der Waals surface area contributed by atoms with Gasteiger partial charge in [0.2, 0.25) is 11.8 Å². The summed E-state index contributed by atoms with van der Waals surface area (Å²) in [5.41, 5.74) is 0.926. The van der Waals surface area contributed by atoms with Crippen molar-refractivity contribution in [3.05, 3.63) is 23.8 Å². The lowest BCUT2D eigenvalue weighted by molar-refractivity contribution is -0.138. The second kappa shape index (κ2) is 6.93. The van der Waals surface area contributed by atoms with Crippen LogP contribution in [0.2, 0.25) is 0 Å². The van der Waals surface area contributed by atoms with Crippen LogP contribution in [0.3, 0.4) is 0 Å². The Balaban J connectivity index is 1.84. The lowest BCUT2D eigenvalue weighted by atomic mass is 10.1. The number of amides is 2. The molecule has 1 aromatic carbocycles. The van der Waals surface area contributed by atoms with Gasteiger partial charge in [0.15, 0.2) is 11.5 Å². The molecule has 1 saturated carbocycles. The standard InChI is InChI=1S/C17H22N2O4S/c1-10(20)19-13(16(21)18-12-5-6-12)9-24-17(19)11-4-7-14(22-2)15(8-11)23-3/h4,7-8,12-13,17H,5-6,9H2,1-3H3,(H,18,21)/t13-,17+/m1/s1. The molecule has 2 aliphatic rings. The van der Waals surface area contributed by atoms with Crippen molar-refractivity contribution in [2.75, 3.05) is 20.0 Å². The van der Waals surface area contributed by atoms with Gasteiger partial charge in [0.1, 0.15) is 11.4 Å². The first kappa shape index (κ1) is 17.0. The lowest BCUT2D eigenvalue weighted by Crippen LogP contribution is -2.47.